The summed E-state index contributed by atoms with van der Waals surface area (Å²) >= 11 is 0. The van der Waals surface area contributed by atoms with E-state index in [4.69, 9.17) is 15.9 Å². The van der Waals surface area contributed by atoms with Crippen LogP contribution in [0.1, 0.15) is 20.8 Å². The molecule has 8 heteroatoms. The minimum absolute atomic E-state index is 0.171. The number of carbonyl (C=O) groups excluding carboxylic acids is 1. The molecular formula is C20H22N6O2. The van der Waals surface area contributed by atoms with Crippen LogP contribution in [0.2, 0.25) is 0 Å². The van der Waals surface area contributed by atoms with E-state index in [0.29, 0.717) is 35.1 Å². The molecule has 0 radical (unpaired) electrons. The molecule has 0 bridgehead atoms. The zero-order valence-electron chi connectivity index (χ0n) is 16.0. The quantitative estimate of drug-likeness (QED) is 0.489. The summed E-state index contributed by atoms with van der Waals surface area (Å²) in [4.78, 5) is 24.0. The van der Waals surface area contributed by atoms with Crippen molar-refractivity contribution in [1.82, 2.24) is 15.0 Å². The number of rotatable bonds is 6. The van der Waals surface area contributed by atoms with Crippen LogP contribution in [0, 0.1) is 5.41 Å². The van der Waals surface area contributed by atoms with Crippen molar-refractivity contribution in [3.8, 4) is 17.1 Å². The highest BCUT2D eigenvalue weighted by Gasteiger charge is 2.14. The first kappa shape index (κ1) is 19.1. The number of aromatic nitrogens is 3. The van der Waals surface area contributed by atoms with Gasteiger partial charge in [-0.05, 0) is 44.5 Å². The van der Waals surface area contributed by atoms with Gasteiger partial charge in [0.2, 0.25) is 5.88 Å². The largest absolute Gasteiger partial charge is 0.478 e. The molecule has 0 fully saturated rings. The number of allylic oxidation sites excluding steroid dienone is 1. The van der Waals surface area contributed by atoms with E-state index >= 15 is 0 Å². The van der Waals surface area contributed by atoms with Crippen molar-refractivity contribution in [2.75, 3.05) is 11.9 Å². The van der Waals surface area contributed by atoms with Gasteiger partial charge in [0.25, 0.3) is 5.91 Å². The van der Waals surface area contributed by atoms with Gasteiger partial charge >= 0.3 is 0 Å². The highest BCUT2D eigenvalue weighted by molar-refractivity contribution is 6.47. The Morgan fingerprint density at radius 1 is 1.29 bits per heavy atom. The van der Waals surface area contributed by atoms with Crippen LogP contribution in [0.3, 0.4) is 0 Å². The van der Waals surface area contributed by atoms with Crippen molar-refractivity contribution >= 4 is 28.3 Å². The number of nitrogens with two attached hydrogens (primary N) is 1. The maximum atomic E-state index is 12.2. The standard InChI is InChI=1S/C20H22N6O2/c1-4-28-17-9-13(5-6-23-17)16-8-14-7-15(10-24-19(14)26-16)25-20(27)18(22)11(2)12(3)21/h5-10,22H,4,21H2,1-3H3,(H,24,26)(H,25,27)/b12-11-,22-18?. The maximum Gasteiger partial charge on any atom is 0.273 e. The molecule has 3 aromatic heterocycles. The number of pyridine rings is 2. The van der Waals surface area contributed by atoms with Gasteiger partial charge in [0, 0.05) is 34.6 Å². The van der Waals surface area contributed by atoms with Gasteiger partial charge in [0.15, 0.2) is 0 Å². The van der Waals surface area contributed by atoms with Gasteiger partial charge < -0.3 is 20.8 Å². The number of hydrogen-bond acceptors (Lipinski definition) is 6. The van der Waals surface area contributed by atoms with Crippen LogP contribution in [-0.4, -0.2) is 33.2 Å². The molecule has 0 saturated heterocycles. The van der Waals surface area contributed by atoms with Crippen molar-refractivity contribution in [2.24, 2.45) is 5.73 Å². The number of H-pyrrole nitrogens is 1. The van der Waals surface area contributed by atoms with Crippen LogP contribution >= 0.6 is 0 Å². The normalized spacial score (nSPS) is 11.8. The van der Waals surface area contributed by atoms with E-state index < -0.39 is 5.91 Å². The van der Waals surface area contributed by atoms with E-state index in [-0.39, 0.29) is 5.71 Å². The van der Waals surface area contributed by atoms with Crippen LogP contribution < -0.4 is 15.8 Å². The number of nitrogens with one attached hydrogen (secondary N) is 3. The Kier molecular flexibility index (Phi) is 5.39. The van der Waals surface area contributed by atoms with E-state index in [9.17, 15) is 4.79 Å². The third kappa shape index (κ3) is 4.01. The summed E-state index contributed by atoms with van der Waals surface area (Å²) in [6.07, 6.45) is 3.23. The number of fused-ring (bicyclic) bond motifs is 1. The average molecular weight is 378 g/mol. The summed E-state index contributed by atoms with van der Waals surface area (Å²) in [7, 11) is 0. The second kappa shape index (κ2) is 7.91. The van der Waals surface area contributed by atoms with Gasteiger partial charge in [0.05, 0.1) is 18.5 Å². The van der Waals surface area contributed by atoms with Gasteiger partial charge in [-0.1, -0.05) is 0 Å². The molecule has 0 aromatic carbocycles. The number of carbonyl (C=O) groups is 1. The number of hydrogen-bond donors (Lipinski definition) is 4. The highest BCUT2D eigenvalue weighted by atomic mass is 16.5. The van der Waals surface area contributed by atoms with Crippen molar-refractivity contribution in [1.29, 1.82) is 5.41 Å². The van der Waals surface area contributed by atoms with Crippen molar-refractivity contribution in [3.63, 3.8) is 0 Å². The van der Waals surface area contributed by atoms with Crippen LogP contribution in [0.5, 0.6) is 5.88 Å². The fourth-order valence-electron chi connectivity index (χ4n) is 2.60. The summed E-state index contributed by atoms with van der Waals surface area (Å²) in [5.41, 5.74) is 9.34. The molecule has 0 saturated carbocycles. The number of anilines is 1. The Morgan fingerprint density at radius 2 is 2.07 bits per heavy atom. The second-order valence-electron chi connectivity index (χ2n) is 6.30. The number of aromatic amines is 1. The van der Waals surface area contributed by atoms with Gasteiger partial charge in [-0.3, -0.25) is 10.2 Å². The first-order valence-electron chi connectivity index (χ1n) is 8.80. The van der Waals surface area contributed by atoms with Crippen molar-refractivity contribution < 1.29 is 9.53 Å². The average Bonchev–Trinajstić information content (AvgIpc) is 3.10. The second-order valence-corrected chi connectivity index (χ2v) is 6.30. The van der Waals surface area contributed by atoms with Gasteiger partial charge in [-0.2, -0.15) is 0 Å². The molecule has 144 valence electrons. The highest BCUT2D eigenvalue weighted by Crippen LogP contribution is 2.26. The van der Waals surface area contributed by atoms with Crippen molar-refractivity contribution in [2.45, 2.75) is 20.8 Å². The Morgan fingerprint density at radius 3 is 2.79 bits per heavy atom. The Bertz CT molecular complexity index is 1080. The third-order valence-corrected chi connectivity index (χ3v) is 4.26. The van der Waals surface area contributed by atoms with E-state index in [2.05, 4.69) is 20.3 Å². The van der Waals surface area contributed by atoms with E-state index in [0.717, 1.165) is 16.6 Å². The SMILES string of the molecule is CCOc1cc(-c2cc3cc(NC(=O)C(=N)/C(C)=C(/C)N)cnc3[nH]2)ccn1. The van der Waals surface area contributed by atoms with Crippen LogP contribution in [0.15, 0.2) is 47.9 Å². The predicted molar refractivity (Wildman–Crippen MR) is 109 cm³/mol. The molecule has 8 nitrogen and oxygen atoms in total. The van der Waals surface area contributed by atoms with E-state index in [1.807, 2.05) is 25.1 Å². The lowest BCUT2D eigenvalue weighted by molar-refractivity contribution is -0.110. The molecule has 1 amide bonds. The Balaban J connectivity index is 1.85. The van der Waals surface area contributed by atoms with E-state index in [1.165, 1.54) is 0 Å². The lowest BCUT2D eigenvalue weighted by Gasteiger charge is -2.07. The molecule has 0 aliphatic heterocycles. The smallest absolute Gasteiger partial charge is 0.273 e. The number of nitrogens with zero attached hydrogens (tertiary/aromatic N) is 2. The van der Waals surface area contributed by atoms with Gasteiger partial charge in [0.1, 0.15) is 11.4 Å². The zero-order valence-corrected chi connectivity index (χ0v) is 16.0. The fourth-order valence-corrected chi connectivity index (χ4v) is 2.60. The molecule has 3 rings (SSSR count). The third-order valence-electron chi connectivity index (χ3n) is 4.26. The summed E-state index contributed by atoms with van der Waals surface area (Å²) in [5, 5.41) is 11.4. The first-order valence-corrected chi connectivity index (χ1v) is 8.80. The summed E-state index contributed by atoms with van der Waals surface area (Å²) in [6, 6.07) is 7.46. The summed E-state index contributed by atoms with van der Waals surface area (Å²) in [6.45, 7) is 5.74. The minimum Gasteiger partial charge on any atom is -0.478 e. The Hall–Kier alpha value is -3.68. The van der Waals surface area contributed by atoms with Crippen molar-refractivity contribution in [3.05, 3.63) is 47.9 Å². The van der Waals surface area contributed by atoms with Crippen LogP contribution in [0.4, 0.5) is 5.69 Å². The predicted octanol–water partition coefficient (Wildman–Crippen LogP) is 3.23. The molecular weight excluding hydrogens is 356 g/mol. The molecule has 0 spiro atoms. The molecule has 0 unspecified atom stereocenters. The molecule has 0 aliphatic rings. The minimum atomic E-state index is -0.533. The lowest BCUT2D eigenvalue weighted by atomic mass is 10.1. The topological polar surface area (TPSA) is 130 Å². The molecule has 3 aromatic rings. The lowest BCUT2D eigenvalue weighted by Crippen LogP contribution is -2.24. The number of amides is 1. The van der Waals surface area contributed by atoms with Crippen LogP contribution in [0.25, 0.3) is 22.3 Å². The molecule has 0 aliphatic carbocycles. The summed E-state index contributed by atoms with van der Waals surface area (Å²) < 4.78 is 5.44. The monoisotopic (exact) mass is 378 g/mol. The molecule has 0 atom stereocenters. The van der Waals surface area contributed by atoms with Gasteiger partial charge in [-0.25, -0.2) is 9.97 Å². The van der Waals surface area contributed by atoms with Crippen LogP contribution in [-0.2, 0) is 4.79 Å². The van der Waals surface area contributed by atoms with E-state index in [1.54, 1.807) is 32.3 Å². The maximum absolute atomic E-state index is 12.2. The van der Waals surface area contributed by atoms with Gasteiger partial charge in [-0.15, -0.1) is 0 Å². The molecule has 3 heterocycles. The number of ether oxygens (including phenoxy) is 1. The zero-order chi connectivity index (χ0) is 20.3. The first-order chi connectivity index (χ1) is 13.4. The fraction of sp³-hybridized carbons (Fsp3) is 0.200. The molecule has 5 N–H and O–H groups in total. The molecule has 28 heavy (non-hydrogen) atoms. The Labute approximate surface area is 162 Å². The summed E-state index contributed by atoms with van der Waals surface area (Å²) in [5.74, 6) is 0.0198.